The van der Waals surface area contributed by atoms with Gasteiger partial charge in [-0.15, -0.1) is 0 Å². The molecule has 0 spiro atoms. The number of hydrogen-bond acceptors (Lipinski definition) is 3. The number of carbonyl (C=O) groups is 2. The summed E-state index contributed by atoms with van der Waals surface area (Å²) >= 11 is 0. The molecule has 3 aromatic rings. The van der Waals surface area contributed by atoms with E-state index in [0.717, 1.165) is 23.1 Å². The first-order chi connectivity index (χ1) is 15.4. The number of aryl methyl sites for hydroxylation is 2. The van der Waals surface area contributed by atoms with E-state index in [1.165, 1.54) is 17.0 Å². The SMILES string of the molecule is CCc1ccc(/C(O)=C2/C(=O)C(=O)N(Cc3ccc(F)cc3)C2c2cccc(C)c2)cc1. The number of nitrogens with zero attached hydrogens (tertiary/aromatic N) is 1. The fourth-order valence-corrected chi connectivity index (χ4v) is 4.07. The number of aliphatic hydroxyl groups excluding tert-OH is 1. The molecule has 1 saturated heterocycles. The second kappa shape index (κ2) is 8.79. The number of benzene rings is 3. The van der Waals surface area contributed by atoms with Crippen molar-refractivity contribution in [3.8, 4) is 0 Å². The Morgan fingerprint density at radius 3 is 2.25 bits per heavy atom. The third-order valence-electron chi connectivity index (χ3n) is 5.80. The summed E-state index contributed by atoms with van der Waals surface area (Å²) < 4.78 is 13.4. The smallest absolute Gasteiger partial charge is 0.295 e. The van der Waals surface area contributed by atoms with Gasteiger partial charge in [-0.05, 0) is 42.2 Å². The average molecular weight is 429 g/mol. The highest BCUT2D eigenvalue weighted by Crippen LogP contribution is 2.40. The van der Waals surface area contributed by atoms with Gasteiger partial charge in [-0.2, -0.15) is 0 Å². The molecule has 0 bridgehead atoms. The van der Waals surface area contributed by atoms with Crippen molar-refractivity contribution >= 4 is 17.4 Å². The minimum Gasteiger partial charge on any atom is -0.507 e. The number of Topliss-reactive ketones (excluding diaryl/α,β-unsaturated/α-hetero) is 1. The normalized spacial score (nSPS) is 17.7. The summed E-state index contributed by atoms with van der Waals surface area (Å²) in [6, 6.07) is 19.9. The first-order valence-corrected chi connectivity index (χ1v) is 10.6. The Bertz CT molecular complexity index is 1200. The van der Waals surface area contributed by atoms with Gasteiger partial charge < -0.3 is 10.0 Å². The van der Waals surface area contributed by atoms with Crippen LogP contribution in [0.4, 0.5) is 4.39 Å². The van der Waals surface area contributed by atoms with Gasteiger partial charge in [0.2, 0.25) is 0 Å². The average Bonchev–Trinajstić information content (AvgIpc) is 3.05. The van der Waals surface area contributed by atoms with Crippen LogP contribution in [0.1, 0.15) is 40.8 Å². The third-order valence-corrected chi connectivity index (χ3v) is 5.80. The first-order valence-electron chi connectivity index (χ1n) is 10.6. The van der Waals surface area contributed by atoms with E-state index in [2.05, 4.69) is 0 Å². The molecule has 0 saturated carbocycles. The van der Waals surface area contributed by atoms with Crippen LogP contribution in [0.25, 0.3) is 5.76 Å². The summed E-state index contributed by atoms with van der Waals surface area (Å²) in [5.74, 6) is -1.98. The molecule has 1 unspecified atom stereocenters. The van der Waals surface area contributed by atoms with Crippen LogP contribution in [0.5, 0.6) is 0 Å². The molecule has 0 aromatic heterocycles. The third kappa shape index (κ3) is 4.06. The largest absolute Gasteiger partial charge is 0.507 e. The summed E-state index contributed by atoms with van der Waals surface area (Å²) in [5, 5.41) is 11.1. The van der Waals surface area contributed by atoms with E-state index in [1.807, 2.05) is 50.2 Å². The highest BCUT2D eigenvalue weighted by atomic mass is 19.1. The van der Waals surface area contributed by atoms with E-state index >= 15 is 0 Å². The predicted molar refractivity (Wildman–Crippen MR) is 121 cm³/mol. The number of hydrogen-bond donors (Lipinski definition) is 1. The van der Waals surface area contributed by atoms with Gasteiger partial charge in [0.1, 0.15) is 11.6 Å². The Hall–Kier alpha value is -3.73. The Kier molecular flexibility index (Phi) is 5.91. The zero-order valence-electron chi connectivity index (χ0n) is 18.0. The molecule has 1 atom stereocenters. The number of amides is 1. The Morgan fingerprint density at radius 2 is 1.62 bits per heavy atom. The number of rotatable bonds is 5. The van der Waals surface area contributed by atoms with Gasteiger partial charge in [0.05, 0.1) is 11.6 Å². The van der Waals surface area contributed by atoms with Crippen molar-refractivity contribution in [1.29, 1.82) is 0 Å². The number of likely N-dealkylation sites (tertiary alicyclic amines) is 1. The molecule has 32 heavy (non-hydrogen) atoms. The van der Waals surface area contributed by atoms with Crippen molar-refractivity contribution in [1.82, 2.24) is 4.90 Å². The molecule has 1 fully saturated rings. The molecule has 1 aliphatic heterocycles. The van der Waals surface area contributed by atoms with Gasteiger partial charge in [-0.3, -0.25) is 9.59 Å². The lowest BCUT2D eigenvalue weighted by molar-refractivity contribution is -0.140. The highest BCUT2D eigenvalue weighted by Gasteiger charge is 2.46. The van der Waals surface area contributed by atoms with Crippen LogP contribution in [-0.4, -0.2) is 21.7 Å². The predicted octanol–water partition coefficient (Wildman–Crippen LogP) is 5.32. The number of ketones is 1. The summed E-state index contributed by atoms with van der Waals surface area (Å²) in [4.78, 5) is 27.6. The van der Waals surface area contributed by atoms with Gasteiger partial charge in [0.25, 0.3) is 11.7 Å². The van der Waals surface area contributed by atoms with Crippen molar-refractivity contribution in [2.24, 2.45) is 0 Å². The summed E-state index contributed by atoms with van der Waals surface area (Å²) in [7, 11) is 0. The second-order valence-electron chi connectivity index (χ2n) is 8.02. The lowest BCUT2D eigenvalue weighted by Gasteiger charge is -2.25. The fraction of sp³-hybridized carbons (Fsp3) is 0.185. The molecule has 5 heteroatoms. The molecule has 4 nitrogen and oxygen atoms in total. The molecule has 1 heterocycles. The van der Waals surface area contributed by atoms with E-state index in [4.69, 9.17) is 0 Å². The van der Waals surface area contributed by atoms with E-state index < -0.39 is 17.7 Å². The molecule has 4 rings (SSSR count). The van der Waals surface area contributed by atoms with Crippen LogP contribution < -0.4 is 0 Å². The summed E-state index contributed by atoms with van der Waals surface area (Å²) in [6.45, 7) is 4.09. The maximum Gasteiger partial charge on any atom is 0.295 e. The van der Waals surface area contributed by atoms with Gasteiger partial charge >= 0.3 is 0 Å². The second-order valence-corrected chi connectivity index (χ2v) is 8.02. The Morgan fingerprint density at radius 1 is 0.969 bits per heavy atom. The molecule has 162 valence electrons. The van der Waals surface area contributed by atoms with Gasteiger partial charge in [0, 0.05) is 12.1 Å². The molecule has 1 aliphatic rings. The molecular formula is C27H24FNO3. The van der Waals surface area contributed by atoms with Crippen molar-refractivity contribution < 1.29 is 19.1 Å². The maximum absolute atomic E-state index is 13.4. The van der Waals surface area contributed by atoms with Gasteiger partial charge in [-0.25, -0.2) is 4.39 Å². The summed E-state index contributed by atoms with van der Waals surface area (Å²) in [6.07, 6.45) is 0.854. The van der Waals surface area contributed by atoms with E-state index in [9.17, 15) is 19.1 Å². The zero-order chi connectivity index (χ0) is 22.8. The monoisotopic (exact) mass is 429 g/mol. The Labute approximate surface area is 186 Å². The molecule has 1 N–H and O–H groups in total. The van der Waals surface area contributed by atoms with Crippen molar-refractivity contribution in [3.63, 3.8) is 0 Å². The molecule has 3 aromatic carbocycles. The minimum absolute atomic E-state index is 0.0620. The van der Waals surface area contributed by atoms with Crippen molar-refractivity contribution in [2.75, 3.05) is 0 Å². The Balaban J connectivity index is 1.84. The van der Waals surface area contributed by atoms with E-state index in [1.54, 1.807) is 24.3 Å². The fourth-order valence-electron chi connectivity index (χ4n) is 4.07. The zero-order valence-corrected chi connectivity index (χ0v) is 18.0. The van der Waals surface area contributed by atoms with Crippen LogP contribution in [0, 0.1) is 12.7 Å². The van der Waals surface area contributed by atoms with Crippen molar-refractivity contribution in [2.45, 2.75) is 32.9 Å². The van der Waals surface area contributed by atoms with Crippen LogP contribution in [0.15, 0.2) is 78.4 Å². The van der Waals surface area contributed by atoms with E-state index in [0.29, 0.717) is 11.1 Å². The minimum atomic E-state index is -0.745. The standard InChI is InChI=1S/C27H24FNO3/c1-3-18-7-11-20(12-8-18)25(30)23-24(21-6-4-5-17(2)15-21)29(27(32)26(23)31)16-19-9-13-22(28)14-10-19/h4-15,24,30H,3,16H2,1-2H3/b25-23-. The lowest BCUT2D eigenvalue weighted by atomic mass is 9.94. The highest BCUT2D eigenvalue weighted by molar-refractivity contribution is 6.46. The van der Waals surface area contributed by atoms with Crippen LogP contribution >= 0.6 is 0 Å². The quantitative estimate of drug-likeness (QED) is 0.339. The topological polar surface area (TPSA) is 57.6 Å². The number of carbonyl (C=O) groups excluding carboxylic acids is 2. The first kappa shape index (κ1) is 21.5. The van der Waals surface area contributed by atoms with Crippen LogP contribution in [0.3, 0.4) is 0 Å². The number of aliphatic hydroxyl groups is 1. The molecule has 1 amide bonds. The van der Waals surface area contributed by atoms with Crippen LogP contribution in [-0.2, 0) is 22.6 Å². The molecule has 0 aliphatic carbocycles. The maximum atomic E-state index is 13.4. The number of halogens is 1. The van der Waals surface area contributed by atoms with Crippen LogP contribution in [0.2, 0.25) is 0 Å². The van der Waals surface area contributed by atoms with Crippen molar-refractivity contribution in [3.05, 3.63) is 112 Å². The summed E-state index contributed by atoms with van der Waals surface area (Å²) in [5.41, 5.74) is 4.05. The van der Waals surface area contributed by atoms with Gasteiger partial charge in [-0.1, -0.05) is 73.2 Å². The van der Waals surface area contributed by atoms with E-state index in [-0.39, 0.29) is 23.7 Å². The lowest BCUT2D eigenvalue weighted by Crippen LogP contribution is -2.29. The van der Waals surface area contributed by atoms with Gasteiger partial charge in [0.15, 0.2) is 0 Å². The molecular weight excluding hydrogens is 405 g/mol. The molecule has 0 radical (unpaired) electrons.